The van der Waals surface area contributed by atoms with E-state index in [4.69, 9.17) is 0 Å². The number of carbonyl (C=O) groups is 1. The molecule has 3 rings (SSSR count). The van der Waals surface area contributed by atoms with Gasteiger partial charge in [0.05, 0.1) is 8.66 Å². The molecular formula is C18H23BrN4OS. The molecule has 1 aliphatic rings. The second-order valence-corrected chi connectivity index (χ2v) is 8.62. The molecule has 25 heavy (non-hydrogen) atoms. The number of hydrogen-bond acceptors (Lipinski definition) is 5. The largest absolute Gasteiger partial charge is 0.355 e. The molecule has 1 aliphatic heterocycles. The summed E-state index contributed by atoms with van der Waals surface area (Å²) in [5, 5.41) is 8.77. The molecule has 5 nitrogen and oxygen atoms in total. The van der Waals surface area contributed by atoms with Gasteiger partial charge in [0.25, 0.3) is 0 Å². The average Bonchev–Trinajstić information content (AvgIpc) is 3.09. The van der Waals surface area contributed by atoms with Crippen molar-refractivity contribution in [3.63, 3.8) is 0 Å². The fraction of sp³-hybridized carbons (Fsp3) is 0.500. The number of piperidine rings is 1. The maximum atomic E-state index is 12.5. The summed E-state index contributed by atoms with van der Waals surface area (Å²) in [5.41, 5.74) is 0.894. The van der Waals surface area contributed by atoms with Gasteiger partial charge in [-0.15, -0.1) is 21.5 Å². The van der Waals surface area contributed by atoms with E-state index in [2.05, 4.69) is 31.0 Å². The number of anilines is 1. The molecule has 0 saturated carbocycles. The molecule has 3 heterocycles. The van der Waals surface area contributed by atoms with Gasteiger partial charge in [0.2, 0.25) is 5.91 Å². The number of nitrogens with zero attached hydrogens (tertiary/aromatic N) is 4. The molecule has 0 atom stereocenters. The standard InChI is InChI=1S/C18H23BrN4OS/c1-3-22(4-2)18(24)13-9-11-23(12-10-13)17-8-5-14(20-21-17)15-6-7-16(19)25-15/h5-8,13H,3-4,9-12H2,1-2H3. The second-order valence-electron chi connectivity index (χ2n) is 6.15. The van der Waals surface area contributed by atoms with Crippen LogP contribution in [-0.2, 0) is 4.79 Å². The first-order valence-corrected chi connectivity index (χ1v) is 10.4. The fourth-order valence-electron chi connectivity index (χ4n) is 3.23. The van der Waals surface area contributed by atoms with Crippen LogP contribution in [0.5, 0.6) is 0 Å². The highest BCUT2D eigenvalue weighted by Crippen LogP contribution is 2.30. The van der Waals surface area contributed by atoms with Gasteiger partial charge in [0.15, 0.2) is 5.82 Å². The van der Waals surface area contributed by atoms with Gasteiger partial charge in [-0.05, 0) is 66.9 Å². The molecule has 1 amide bonds. The summed E-state index contributed by atoms with van der Waals surface area (Å²) >= 11 is 5.13. The lowest BCUT2D eigenvalue weighted by atomic mass is 9.95. The smallest absolute Gasteiger partial charge is 0.225 e. The van der Waals surface area contributed by atoms with Gasteiger partial charge >= 0.3 is 0 Å². The topological polar surface area (TPSA) is 49.3 Å². The molecule has 0 radical (unpaired) electrons. The lowest BCUT2D eigenvalue weighted by molar-refractivity contribution is -0.135. The van der Waals surface area contributed by atoms with Crippen LogP contribution in [0.3, 0.4) is 0 Å². The van der Waals surface area contributed by atoms with Crippen molar-refractivity contribution < 1.29 is 4.79 Å². The zero-order valence-electron chi connectivity index (χ0n) is 14.6. The van der Waals surface area contributed by atoms with Crippen molar-refractivity contribution in [2.45, 2.75) is 26.7 Å². The zero-order chi connectivity index (χ0) is 17.8. The molecule has 134 valence electrons. The Bertz CT molecular complexity index is 706. The highest BCUT2D eigenvalue weighted by molar-refractivity contribution is 9.11. The van der Waals surface area contributed by atoms with Crippen LogP contribution in [0, 0.1) is 5.92 Å². The number of rotatable bonds is 5. The van der Waals surface area contributed by atoms with E-state index in [0.717, 1.165) is 59.2 Å². The van der Waals surface area contributed by atoms with E-state index < -0.39 is 0 Å². The number of carbonyl (C=O) groups excluding carboxylic acids is 1. The first-order chi connectivity index (χ1) is 12.1. The molecule has 0 spiro atoms. The van der Waals surface area contributed by atoms with Crippen LogP contribution in [0.2, 0.25) is 0 Å². The Kier molecular flexibility index (Phi) is 6.06. The van der Waals surface area contributed by atoms with Gasteiger partial charge in [0, 0.05) is 32.1 Å². The Morgan fingerprint density at radius 2 is 1.92 bits per heavy atom. The maximum absolute atomic E-state index is 12.5. The first-order valence-electron chi connectivity index (χ1n) is 8.75. The third-order valence-electron chi connectivity index (χ3n) is 4.72. The van der Waals surface area contributed by atoms with Crippen LogP contribution in [0.1, 0.15) is 26.7 Å². The summed E-state index contributed by atoms with van der Waals surface area (Å²) in [6.07, 6.45) is 1.77. The Hall–Kier alpha value is -1.47. The van der Waals surface area contributed by atoms with Crippen LogP contribution in [0.15, 0.2) is 28.1 Å². The van der Waals surface area contributed by atoms with Crippen LogP contribution >= 0.6 is 27.3 Å². The monoisotopic (exact) mass is 422 g/mol. The molecule has 7 heteroatoms. The molecule has 0 bridgehead atoms. The lowest BCUT2D eigenvalue weighted by Crippen LogP contribution is -2.42. The van der Waals surface area contributed by atoms with Gasteiger partial charge in [0.1, 0.15) is 5.69 Å². The van der Waals surface area contributed by atoms with Crippen molar-refractivity contribution in [3.8, 4) is 10.6 Å². The summed E-state index contributed by atoms with van der Waals surface area (Å²) in [4.78, 5) is 17.8. The Labute approximate surface area is 161 Å². The molecule has 0 aromatic carbocycles. The van der Waals surface area contributed by atoms with E-state index >= 15 is 0 Å². The predicted octanol–water partition coefficient (Wildman–Crippen LogP) is 4.05. The van der Waals surface area contributed by atoms with E-state index in [9.17, 15) is 4.79 Å². The van der Waals surface area contributed by atoms with Crippen molar-refractivity contribution in [2.75, 3.05) is 31.1 Å². The first kappa shape index (κ1) is 18.3. The molecule has 0 N–H and O–H groups in total. The van der Waals surface area contributed by atoms with Crippen LogP contribution < -0.4 is 4.90 Å². The van der Waals surface area contributed by atoms with Crippen molar-refractivity contribution in [1.29, 1.82) is 0 Å². The SMILES string of the molecule is CCN(CC)C(=O)C1CCN(c2ccc(-c3ccc(Br)s3)nn2)CC1. The number of amides is 1. The minimum atomic E-state index is 0.145. The zero-order valence-corrected chi connectivity index (χ0v) is 17.0. The van der Waals surface area contributed by atoms with E-state index in [1.165, 1.54) is 0 Å². The van der Waals surface area contributed by atoms with Crippen LogP contribution in [-0.4, -0.2) is 47.2 Å². The number of aromatic nitrogens is 2. The second kappa shape index (κ2) is 8.27. The van der Waals surface area contributed by atoms with Gasteiger partial charge in [-0.2, -0.15) is 0 Å². The van der Waals surface area contributed by atoms with Crippen molar-refractivity contribution in [2.24, 2.45) is 5.92 Å². The van der Waals surface area contributed by atoms with Gasteiger partial charge in [-0.25, -0.2) is 0 Å². The maximum Gasteiger partial charge on any atom is 0.225 e. The Morgan fingerprint density at radius 1 is 1.20 bits per heavy atom. The van der Waals surface area contributed by atoms with E-state index in [1.807, 2.05) is 43.0 Å². The number of halogens is 1. The van der Waals surface area contributed by atoms with Gasteiger partial charge < -0.3 is 9.80 Å². The predicted molar refractivity (Wildman–Crippen MR) is 106 cm³/mol. The molecule has 0 unspecified atom stereocenters. The molecule has 1 fully saturated rings. The van der Waals surface area contributed by atoms with Crippen molar-refractivity contribution in [1.82, 2.24) is 15.1 Å². The molecule has 1 saturated heterocycles. The van der Waals surface area contributed by atoms with E-state index in [-0.39, 0.29) is 5.92 Å². The highest BCUT2D eigenvalue weighted by atomic mass is 79.9. The lowest BCUT2D eigenvalue weighted by Gasteiger charge is -2.34. The molecule has 2 aromatic heterocycles. The fourth-order valence-corrected chi connectivity index (χ4v) is 4.58. The third-order valence-corrected chi connectivity index (χ3v) is 6.37. The number of hydrogen-bond donors (Lipinski definition) is 0. The number of thiophene rings is 1. The molecule has 2 aromatic rings. The van der Waals surface area contributed by atoms with E-state index in [0.29, 0.717) is 5.91 Å². The minimum absolute atomic E-state index is 0.145. The molecular weight excluding hydrogens is 400 g/mol. The summed E-state index contributed by atoms with van der Waals surface area (Å²) in [7, 11) is 0. The Morgan fingerprint density at radius 3 is 2.44 bits per heavy atom. The van der Waals surface area contributed by atoms with Gasteiger partial charge in [-0.1, -0.05) is 0 Å². The van der Waals surface area contributed by atoms with Crippen LogP contribution in [0.4, 0.5) is 5.82 Å². The normalized spacial score (nSPS) is 15.4. The third kappa shape index (κ3) is 4.20. The summed E-state index contributed by atoms with van der Waals surface area (Å²) < 4.78 is 1.09. The van der Waals surface area contributed by atoms with Crippen molar-refractivity contribution in [3.05, 3.63) is 28.1 Å². The van der Waals surface area contributed by atoms with E-state index in [1.54, 1.807) is 11.3 Å². The van der Waals surface area contributed by atoms with Gasteiger partial charge in [-0.3, -0.25) is 4.79 Å². The summed E-state index contributed by atoms with van der Waals surface area (Å²) in [6.45, 7) is 7.38. The highest BCUT2D eigenvalue weighted by Gasteiger charge is 2.28. The van der Waals surface area contributed by atoms with Crippen LogP contribution in [0.25, 0.3) is 10.6 Å². The summed E-state index contributed by atoms with van der Waals surface area (Å²) in [6, 6.07) is 8.12. The summed E-state index contributed by atoms with van der Waals surface area (Å²) in [5.74, 6) is 1.34. The quantitative estimate of drug-likeness (QED) is 0.728. The average molecular weight is 423 g/mol. The molecule has 0 aliphatic carbocycles. The minimum Gasteiger partial charge on any atom is -0.355 e. The Balaban J connectivity index is 1.60. The van der Waals surface area contributed by atoms with Crippen molar-refractivity contribution >= 4 is 39.0 Å².